The number of benzene rings is 1. The van der Waals surface area contributed by atoms with Crippen molar-refractivity contribution in [2.45, 2.75) is 5.92 Å². The first-order chi connectivity index (χ1) is 14.6. The number of nitrogens with zero attached hydrogens (tertiary/aromatic N) is 4. The Morgan fingerprint density at radius 1 is 1.27 bits per heavy atom. The summed E-state index contributed by atoms with van der Waals surface area (Å²) in [5.74, 6) is 1.24. The molecular formula is C21H22N6O3. The molecular weight excluding hydrogens is 384 g/mol. The molecule has 30 heavy (non-hydrogen) atoms. The molecule has 3 heterocycles. The van der Waals surface area contributed by atoms with E-state index in [1.807, 2.05) is 18.2 Å². The summed E-state index contributed by atoms with van der Waals surface area (Å²) in [6.07, 6.45) is 5.42. The van der Waals surface area contributed by atoms with Gasteiger partial charge in [-0.1, -0.05) is 12.1 Å². The molecule has 9 nitrogen and oxygen atoms in total. The van der Waals surface area contributed by atoms with Gasteiger partial charge in [-0.05, 0) is 23.8 Å². The van der Waals surface area contributed by atoms with Gasteiger partial charge in [0.1, 0.15) is 5.75 Å². The summed E-state index contributed by atoms with van der Waals surface area (Å²) in [6.45, 7) is 1.66. The van der Waals surface area contributed by atoms with Crippen molar-refractivity contribution in [1.29, 1.82) is 0 Å². The summed E-state index contributed by atoms with van der Waals surface area (Å²) in [4.78, 5) is 29.7. The Hall–Kier alpha value is -3.88. The van der Waals surface area contributed by atoms with Crippen LogP contribution in [0.4, 0.5) is 10.5 Å². The van der Waals surface area contributed by atoms with E-state index >= 15 is 0 Å². The number of urea groups is 1. The van der Waals surface area contributed by atoms with Crippen molar-refractivity contribution in [3.63, 3.8) is 0 Å². The standard InChI is InChI=1S/C21H22N6O3/c1-22-21(29)24-10-15(13-28)18-9-19(20-23-7-8-27(20)25-18)26-11-16(12-26)14-3-5-17(30-2)6-4-14/h3-10,13,16H,11-12H2,1-2H3,(H2,22,24,29)/b15-10+. The van der Waals surface area contributed by atoms with Crippen LogP contribution in [0.2, 0.25) is 0 Å². The van der Waals surface area contributed by atoms with Crippen molar-refractivity contribution in [2.75, 3.05) is 32.1 Å². The molecule has 9 heteroatoms. The van der Waals surface area contributed by atoms with Gasteiger partial charge in [0.05, 0.1) is 24.1 Å². The summed E-state index contributed by atoms with van der Waals surface area (Å²) in [5.41, 5.74) is 3.58. The van der Waals surface area contributed by atoms with Crippen LogP contribution in [0.15, 0.2) is 48.9 Å². The number of hydrogen-bond donors (Lipinski definition) is 2. The number of carbonyl (C=O) groups excluding carboxylic acids is 2. The van der Waals surface area contributed by atoms with Crippen molar-refractivity contribution in [1.82, 2.24) is 25.2 Å². The summed E-state index contributed by atoms with van der Waals surface area (Å²) in [5, 5.41) is 9.39. The van der Waals surface area contributed by atoms with E-state index in [1.54, 1.807) is 24.0 Å². The van der Waals surface area contributed by atoms with Crippen LogP contribution in [-0.2, 0) is 4.79 Å². The van der Waals surface area contributed by atoms with Crippen molar-refractivity contribution in [2.24, 2.45) is 0 Å². The highest BCUT2D eigenvalue weighted by Crippen LogP contribution is 2.34. The third kappa shape index (κ3) is 3.69. The number of anilines is 1. The highest BCUT2D eigenvalue weighted by molar-refractivity contribution is 6.06. The van der Waals surface area contributed by atoms with Gasteiger partial charge in [0.25, 0.3) is 0 Å². The topological polar surface area (TPSA) is 101 Å². The summed E-state index contributed by atoms with van der Waals surface area (Å²) in [6, 6.07) is 9.52. The molecule has 1 aromatic carbocycles. The number of rotatable bonds is 6. The monoisotopic (exact) mass is 406 g/mol. The summed E-state index contributed by atoms with van der Waals surface area (Å²) in [7, 11) is 3.16. The largest absolute Gasteiger partial charge is 0.497 e. The number of carbonyl (C=O) groups is 2. The number of hydrogen-bond acceptors (Lipinski definition) is 6. The SMILES string of the molecule is CNC(=O)N/C=C(\C=O)c1cc(N2CC(c3ccc(OC)cc3)C2)c2nccn2n1. The van der Waals surface area contributed by atoms with Crippen molar-refractivity contribution < 1.29 is 14.3 Å². The molecule has 0 aliphatic carbocycles. The molecule has 0 atom stereocenters. The van der Waals surface area contributed by atoms with Crippen LogP contribution in [-0.4, -0.2) is 54.2 Å². The van der Waals surface area contributed by atoms with Crippen LogP contribution in [0.1, 0.15) is 17.2 Å². The molecule has 0 bridgehead atoms. The zero-order valence-corrected chi connectivity index (χ0v) is 16.7. The number of fused-ring (bicyclic) bond motifs is 1. The lowest BCUT2D eigenvalue weighted by Crippen LogP contribution is -2.45. The second-order valence-electron chi connectivity index (χ2n) is 6.93. The zero-order valence-electron chi connectivity index (χ0n) is 16.7. The van der Waals surface area contributed by atoms with E-state index in [9.17, 15) is 9.59 Å². The maximum Gasteiger partial charge on any atom is 0.318 e. The maximum atomic E-state index is 11.6. The lowest BCUT2D eigenvalue weighted by molar-refractivity contribution is -0.103. The first-order valence-electron chi connectivity index (χ1n) is 9.50. The normalized spacial score (nSPS) is 14.3. The van der Waals surface area contributed by atoms with E-state index < -0.39 is 6.03 Å². The fourth-order valence-corrected chi connectivity index (χ4v) is 3.42. The smallest absolute Gasteiger partial charge is 0.318 e. The fourth-order valence-electron chi connectivity index (χ4n) is 3.42. The van der Waals surface area contributed by atoms with Gasteiger partial charge in [0.2, 0.25) is 0 Å². The number of nitrogens with one attached hydrogen (secondary N) is 2. The molecule has 1 saturated heterocycles. The molecule has 1 fully saturated rings. The minimum atomic E-state index is -0.414. The van der Waals surface area contributed by atoms with Gasteiger partial charge in [-0.15, -0.1) is 0 Å². The Bertz CT molecular complexity index is 1100. The van der Waals surface area contributed by atoms with Gasteiger partial charge in [-0.25, -0.2) is 14.3 Å². The van der Waals surface area contributed by atoms with Gasteiger partial charge < -0.3 is 20.3 Å². The number of ether oxygens (including phenoxy) is 1. The first-order valence-corrected chi connectivity index (χ1v) is 9.50. The van der Waals surface area contributed by atoms with Gasteiger partial charge >= 0.3 is 6.03 Å². The third-order valence-electron chi connectivity index (χ3n) is 5.16. The van der Waals surface area contributed by atoms with Crippen LogP contribution < -0.4 is 20.3 Å². The van der Waals surface area contributed by atoms with Gasteiger partial charge in [-0.3, -0.25) is 4.79 Å². The predicted octanol–water partition coefficient (Wildman–Crippen LogP) is 1.81. The number of amides is 2. The van der Waals surface area contributed by atoms with Crippen LogP contribution >= 0.6 is 0 Å². The van der Waals surface area contributed by atoms with Gasteiger partial charge in [0.15, 0.2) is 11.9 Å². The molecule has 0 radical (unpaired) electrons. The van der Waals surface area contributed by atoms with E-state index in [2.05, 4.69) is 37.7 Å². The predicted molar refractivity (Wildman–Crippen MR) is 113 cm³/mol. The molecule has 2 amide bonds. The van der Waals surface area contributed by atoms with Crippen molar-refractivity contribution >= 4 is 29.2 Å². The van der Waals surface area contributed by atoms with Crippen molar-refractivity contribution in [3.05, 3.63) is 60.2 Å². The lowest BCUT2D eigenvalue weighted by Gasteiger charge is -2.41. The van der Waals surface area contributed by atoms with E-state index in [0.29, 0.717) is 17.9 Å². The van der Waals surface area contributed by atoms with Crippen LogP contribution in [0.3, 0.4) is 0 Å². The number of imidazole rings is 1. The highest BCUT2D eigenvalue weighted by Gasteiger charge is 2.30. The van der Waals surface area contributed by atoms with Crippen LogP contribution in [0.25, 0.3) is 11.2 Å². The second kappa shape index (κ2) is 8.24. The Kier molecular flexibility index (Phi) is 5.34. The Labute approximate surface area is 173 Å². The molecule has 0 unspecified atom stereocenters. The minimum Gasteiger partial charge on any atom is -0.497 e. The molecule has 2 N–H and O–H groups in total. The lowest BCUT2D eigenvalue weighted by atomic mass is 9.91. The third-order valence-corrected chi connectivity index (χ3v) is 5.16. The molecule has 154 valence electrons. The van der Waals surface area contributed by atoms with E-state index in [-0.39, 0.29) is 5.57 Å². The molecule has 3 aromatic rings. The van der Waals surface area contributed by atoms with Gasteiger partial charge in [0, 0.05) is 44.6 Å². The molecule has 0 spiro atoms. The summed E-state index contributed by atoms with van der Waals surface area (Å²) < 4.78 is 6.87. The number of aldehydes is 1. The number of aromatic nitrogens is 3. The Morgan fingerprint density at radius 3 is 2.70 bits per heavy atom. The quantitative estimate of drug-likeness (QED) is 0.478. The molecule has 1 aliphatic rings. The molecule has 4 rings (SSSR count). The second-order valence-corrected chi connectivity index (χ2v) is 6.93. The Morgan fingerprint density at radius 2 is 2.03 bits per heavy atom. The van der Waals surface area contributed by atoms with E-state index in [0.717, 1.165) is 30.2 Å². The zero-order chi connectivity index (χ0) is 21.1. The maximum absolute atomic E-state index is 11.6. The molecule has 1 aliphatic heterocycles. The molecule has 0 saturated carbocycles. The Balaban J connectivity index is 1.59. The van der Waals surface area contributed by atoms with Crippen LogP contribution in [0.5, 0.6) is 5.75 Å². The van der Waals surface area contributed by atoms with Crippen molar-refractivity contribution in [3.8, 4) is 5.75 Å². The fraction of sp³-hybridized carbons (Fsp3) is 0.238. The number of methoxy groups -OCH3 is 1. The highest BCUT2D eigenvalue weighted by atomic mass is 16.5. The van der Waals surface area contributed by atoms with Crippen LogP contribution in [0, 0.1) is 0 Å². The average molecular weight is 406 g/mol. The van der Waals surface area contributed by atoms with Gasteiger partial charge in [-0.2, -0.15) is 5.10 Å². The molecule has 2 aromatic heterocycles. The first kappa shape index (κ1) is 19.4. The minimum absolute atomic E-state index is 0.266. The van der Waals surface area contributed by atoms with E-state index in [1.165, 1.54) is 18.8 Å². The summed E-state index contributed by atoms with van der Waals surface area (Å²) >= 11 is 0. The average Bonchev–Trinajstić information content (AvgIpc) is 3.22. The van der Waals surface area contributed by atoms with E-state index in [4.69, 9.17) is 4.74 Å². The number of allylic oxidation sites excluding steroid dienone is 1.